The van der Waals surface area contributed by atoms with Gasteiger partial charge in [0.2, 0.25) is 5.16 Å². The van der Waals surface area contributed by atoms with Crippen molar-refractivity contribution in [2.45, 2.75) is 37.9 Å². The van der Waals surface area contributed by atoms with E-state index in [1.807, 2.05) is 19.9 Å². The minimum atomic E-state index is -1.08. The molecule has 2 heterocycles. The van der Waals surface area contributed by atoms with Gasteiger partial charge in [0, 0.05) is 23.2 Å². The van der Waals surface area contributed by atoms with Gasteiger partial charge in [-0.3, -0.25) is 4.21 Å². The summed E-state index contributed by atoms with van der Waals surface area (Å²) >= 11 is 0. The molecule has 0 saturated carbocycles. The van der Waals surface area contributed by atoms with Crippen LogP contribution in [-0.2, 0) is 10.8 Å². The number of nitrogens with one attached hydrogen (secondary N) is 1. The van der Waals surface area contributed by atoms with Gasteiger partial charge in [-0.25, -0.2) is 9.97 Å². The minimum absolute atomic E-state index is 0.366. The Hall–Kier alpha value is -0.810. The third kappa shape index (κ3) is 2.86. The fourth-order valence-electron chi connectivity index (χ4n) is 1.95. The van der Waals surface area contributed by atoms with E-state index in [0.717, 1.165) is 24.4 Å². The average Bonchev–Trinajstić information content (AvgIpc) is 2.68. The van der Waals surface area contributed by atoms with Gasteiger partial charge in [0.15, 0.2) is 0 Å². The highest BCUT2D eigenvalue weighted by molar-refractivity contribution is 7.84. The van der Waals surface area contributed by atoms with Crippen LogP contribution in [0.15, 0.2) is 11.2 Å². The molecular formula is C11H17N3OS. The second kappa shape index (κ2) is 5.01. The van der Waals surface area contributed by atoms with Crippen LogP contribution in [0.2, 0.25) is 0 Å². The van der Waals surface area contributed by atoms with Gasteiger partial charge in [0.1, 0.15) is 0 Å². The molecule has 2 atom stereocenters. The van der Waals surface area contributed by atoms with Crippen molar-refractivity contribution in [2.75, 3.05) is 12.3 Å². The number of aromatic nitrogens is 2. The lowest BCUT2D eigenvalue weighted by molar-refractivity contribution is 0.637. The van der Waals surface area contributed by atoms with Gasteiger partial charge in [-0.15, -0.1) is 0 Å². The normalized spacial score (nSPS) is 22.2. The van der Waals surface area contributed by atoms with Crippen LogP contribution in [0, 0.1) is 13.8 Å². The molecule has 1 aliphatic heterocycles. The van der Waals surface area contributed by atoms with Crippen LogP contribution in [0.1, 0.15) is 24.2 Å². The van der Waals surface area contributed by atoms with Crippen LogP contribution in [0.5, 0.6) is 0 Å². The third-order valence-electron chi connectivity index (χ3n) is 2.68. The number of hydrogen-bond acceptors (Lipinski definition) is 4. The van der Waals surface area contributed by atoms with Crippen LogP contribution >= 0.6 is 0 Å². The predicted octanol–water partition coefficient (Wildman–Crippen LogP) is 0.953. The Morgan fingerprint density at radius 3 is 2.69 bits per heavy atom. The number of aryl methyl sites for hydroxylation is 2. The SMILES string of the molecule is Cc1cc(C)nc([S@@](=O)C[C@@H]2CCCN2)n1. The first-order valence-electron chi connectivity index (χ1n) is 5.59. The van der Waals surface area contributed by atoms with E-state index < -0.39 is 10.8 Å². The standard InChI is InChI=1S/C11H17N3OS/c1-8-6-9(2)14-11(13-8)16(15)7-10-4-3-5-12-10/h6,10,12H,3-5,7H2,1-2H3/t10-,16-/m0/s1. The van der Waals surface area contributed by atoms with Crippen molar-refractivity contribution in [3.05, 3.63) is 17.5 Å². The van der Waals surface area contributed by atoms with Crippen LogP contribution in [-0.4, -0.2) is 32.5 Å². The molecule has 0 spiro atoms. The number of nitrogens with zero attached hydrogens (tertiary/aromatic N) is 2. The summed E-state index contributed by atoms with van der Waals surface area (Å²) in [6, 6.07) is 2.26. The summed E-state index contributed by atoms with van der Waals surface area (Å²) in [5.41, 5.74) is 1.77. The second-order valence-corrected chi connectivity index (χ2v) is 5.63. The Morgan fingerprint density at radius 1 is 1.44 bits per heavy atom. The molecular weight excluding hydrogens is 222 g/mol. The zero-order valence-electron chi connectivity index (χ0n) is 9.69. The van der Waals surface area contributed by atoms with E-state index in [-0.39, 0.29) is 0 Å². The maximum absolute atomic E-state index is 12.1. The van der Waals surface area contributed by atoms with Crippen LogP contribution in [0.25, 0.3) is 0 Å². The Kier molecular flexibility index (Phi) is 3.66. The highest BCUT2D eigenvalue weighted by Gasteiger charge is 2.19. The summed E-state index contributed by atoms with van der Waals surface area (Å²) in [7, 11) is -1.08. The molecule has 0 aliphatic carbocycles. The fraction of sp³-hybridized carbons (Fsp3) is 0.636. The zero-order valence-corrected chi connectivity index (χ0v) is 10.5. The summed E-state index contributed by atoms with van der Waals surface area (Å²) in [5, 5.41) is 3.82. The highest BCUT2D eigenvalue weighted by atomic mass is 32.2. The molecule has 1 fully saturated rings. The van der Waals surface area contributed by atoms with Gasteiger partial charge in [-0.2, -0.15) is 0 Å². The zero-order chi connectivity index (χ0) is 11.5. The lowest BCUT2D eigenvalue weighted by atomic mass is 10.3. The first kappa shape index (κ1) is 11.7. The third-order valence-corrected chi connectivity index (χ3v) is 3.98. The molecule has 1 N–H and O–H groups in total. The Labute approximate surface area is 98.3 Å². The molecule has 4 nitrogen and oxygen atoms in total. The summed E-state index contributed by atoms with van der Waals surface area (Å²) in [6.45, 7) is 4.85. The van der Waals surface area contributed by atoms with Crippen molar-refractivity contribution in [2.24, 2.45) is 0 Å². The van der Waals surface area contributed by atoms with Gasteiger partial charge in [-0.1, -0.05) is 0 Å². The van der Waals surface area contributed by atoms with Gasteiger partial charge in [0.05, 0.1) is 10.8 Å². The molecule has 0 amide bonds. The van der Waals surface area contributed by atoms with Crippen molar-refractivity contribution in [3.63, 3.8) is 0 Å². The van der Waals surface area contributed by atoms with E-state index in [1.165, 1.54) is 6.42 Å². The lowest BCUT2D eigenvalue weighted by Gasteiger charge is -2.09. The van der Waals surface area contributed by atoms with E-state index in [9.17, 15) is 4.21 Å². The van der Waals surface area contributed by atoms with Crippen molar-refractivity contribution in [3.8, 4) is 0 Å². The first-order chi connectivity index (χ1) is 7.65. The van der Waals surface area contributed by atoms with E-state index in [0.29, 0.717) is 17.0 Å². The monoisotopic (exact) mass is 239 g/mol. The largest absolute Gasteiger partial charge is 0.313 e. The summed E-state index contributed by atoms with van der Waals surface area (Å²) < 4.78 is 12.1. The maximum Gasteiger partial charge on any atom is 0.218 e. The van der Waals surface area contributed by atoms with Gasteiger partial charge in [-0.05, 0) is 39.3 Å². The van der Waals surface area contributed by atoms with Gasteiger partial charge >= 0.3 is 0 Å². The molecule has 0 aromatic carbocycles. The summed E-state index contributed by atoms with van der Waals surface area (Å²) in [5.74, 6) is 0.628. The summed E-state index contributed by atoms with van der Waals surface area (Å²) in [6.07, 6.45) is 2.28. The molecule has 0 radical (unpaired) electrons. The predicted molar refractivity (Wildman–Crippen MR) is 63.8 cm³/mol. The van der Waals surface area contributed by atoms with Crippen molar-refractivity contribution in [1.29, 1.82) is 0 Å². The molecule has 0 bridgehead atoms. The van der Waals surface area contributed by atoms with Crippen LogP contribution in [0.3, 0.4) is 0 Å². The number of hydrogen-bond donors (Lipinski definition) is 1. The van der Waals surface area contributed by atoms with Crippen molar-refractivity contribution >= 4 is 10.8 Å². The van der Waals surface area contributed by atoms with Crippen LogP contribution in [0.4, 0.5) is 0 Å². The van der Waals surface area contributed by atoms with Crippen molar-refractivity contribution in [1.82, 2.24) is 15.3 Å². The van der Waals surface area contributed by atoms with Crippen molar-refractivity contribution < 1.29 is 4.21 Å². The molecule has 2 rings (SSSR count). The second-order valence-electron chi connectivity index (χ2n) is 4.24. The quantitative estimate of drug-likeness (QED) is 0.798. The topological polar surface area (TPSA) is 54.9 Å². The Balaban J connectivity index is 2.07. The molecule has 5 heteroatoms. The molecule has 88 valence electrons. The average molecular weight is 239 g/mol. The smallest absolute Gasteiger partial charge is 0.218 e. The Bertz CT molecular complexity index is 382. The first-order valence-corrected chi connectivity index (χ1v) is 6.91. The van der Waals surface area contributed by atoms with E-state index >= 15 is 0 Å². The van der Waals surface area contributed by atoms with Gasteiger partial charge < -0.3 is 5.32 Å². The molecule has 1 aromatic heterocycles. The van der Waals surface area contributed by atoms with E-state index in [4.69, 9.17) is 0 Å². The van der Waals surface area contributed by atoms with Crippen LogP contribution < -0.4 is 5.32 Å². The van der Waals surface area contributed by atoms with E-state index in [2.05, 4.69) is 15.3 Å². The highest BCUT2D eigenvalue weighted by Crippen LogP contribution is 2.10. The molecule has 16 heavy (non-hydrogen) atoms. The number of rotatable bonds is 3. The minimum Gasteiger partial charge on any atom is -0.313 e. The summed E-state index contributed by atoms with van der Waals surface area (Å²) in [4.78, 5) is 8.47. The van der Waals surface area contributed by atoms with E-state index in [1.54, 1.807) is 0 Å². The molecule has 1 aliphatic rings. The lowest BCUT2D eigenvalue weighted by Crippen LogP contribution is -2.28. The van der Waals surface area contributed by atoms with Gasteiger partial charge in [0.25, 0.3) is 0 Å². The fourth-order valence-corrected chi connectivity index (χ4v) is 3.24. The molecule has 1 aromatic rings. The Morgan fingerprint density at radius 2 is 2.12 bits per heavy atom. The molecule has 0 unspecified atom stereocenters. The maximum atomic E-state index is 12.1. The molecule has 1 saturated heterocycles.